The average Bonchev–Trinajstić information content (AvgIpc) is 3.53. The van der Waals surface area contributed by atoms with E-state index in [0.717, 1.165) is 17.9 Å². The molecule has 0 unspecified atom stereocenters. The molecule has 0 amide bonds. The molecule has 0 spiro atoms. The van der Waals surface area contributed by atoms with Crippen molar-refractivity contribution in [2.45, 2.75) is 13.3 Å². The van der Waals surface area contributed by atoms with Crippen molar-refractivity contribution in [3.05, 3.63) is 78.6 Å². The summed E-state index contributed by atoms with van der Waals surface area (Å²) in [4.78, 5) is 14.2. The van der Waals surface area contributed by atoms with E-state index in [1.54, 1.807) is 13.4 Å². The largest absolute Gasteiger partial charge is 0.497 e. The van der Waals surface area contributed by atoms with Gasteiger partial charge in [0.1, 0.15) is 5.75 Å². The molecule has 0 bridgehead atoms. The van der Waals surface area contributed by atoms with Crippen LogP contribution in [0.25, 0.3) is 28.4 Å². The van der Waals surface area contributed by atoms with E-state index >= 15 is 0 Å². The summed E-state index contributed by atoms with van der Waals surface area (Å²) < 4.78 is 19.0. The van der Waals surface area contributed by atoms with Crippen LogP contribution in [0.3, 0.4) is 0 Å². The second kappa shape index (κ2) is 9.66. The van der Waals surface area contributed by atoms with Crippen molar-refractivity contribution >= 4 is 17.0 Å². The molecule has 0 fully saturated rings. The van der Waals surface area contributed by atoms with Crippen LogP contribution in [0.4, 0.5) is 5.82 Å². The standard InChI is InChI=1S/C26H25N5O3/c1-3-27-23-22-25(30-26(29-23)34-17-15-18-8-5-4-6-9-18)31(19-11-13-20(32-2)14-12-19)24(28-22)21-10-7-16-33-21/h4-14,16H,3,15,17H2,1-2H3,(H,27,29,30). The summed E-state index contributed by atoms with van der Waals surface area (Å²) in [5, 5.41) is 3.30. The Balaban J connectivity index is 1.60. The fraction of sp³-hybridized carbons (Fsp3) is 0.192. The first-order chi connectivity index (χ1) is 16.8. The predicted molar refractivity (Wildman–Crippen MR) is 131 cm³/mol. The fourth-order valence-electron chi connectivity index (χ4n) is 3.75. The predicted octanol–water partition coefficient (Wildman–Crippen LogP) is 5.14. The van der Waals surface area contributed by atoms with E-state index in [1.165, 1.54) is 5.56 Å². The van der Waals surface area contributed by atoms with Crippen LogP contribution in [0.15, 0.2) is 77.4 Å². The van der Waals surface area contributed by atoms with Gasteiger partial charge in [0, 0.05) is 18.7 Å². The molecule has 0 saturated heterocycles. The minimum absolute atomic E-state index is 0.292. The molecule has 0 saturated carbocycles. The summed E-state index contributed by atoms with van der Waals surface area (Å²) in [6, 6.07) is 21.9. The van der Waals surface area contributed by atoms with E-state index in [1.807, 2.05) is 66.1 Å². The molecule has 0 aliphatic heterocycles. The molecule has 3 heterocycles. The molecule has 0 aliphatic rings. The van der Waals surface area contributed by atoms with E-state index in [2.05, 4.69) is 22.4 Å². The van der Waals surface area contributed by atoms with E-state index < -0.39 is 0 Å². The number of rotatable bonds is 9. The van der Waals surface area contributed by atoms with Gasteiger partial charge in [0.25, 0.3) is 0 Å². The van der Waals surface area contributed by atoms with Crippen molar-refractivity contribution in [2.24, 2.45) is 0 Å². The SMILES string of the molecule is CCNc1nc(OCCc2ccccc2)nc2c1nc(-c1ccco1)n2-c1ccc(OC)cc1. The number of ether oxygens (including phenoxy) is 2. The van der Waals surface area contributed by atoms with Gasteiger partial charge in [-0.1, -0.05) is 30.3 Å². The zero-order chi connectivity index (χ0) is 23.3. The Labute approximate surface area is 197 Å². The molecule has 1 N–H and O–H groups in total. The maximum absolute atomic E-state index is 5.99. The Kier molecular flexibility index (Phi) is 6.11. The highest BCUT2D eigenvalue weighted by molar-refractivity contribution is 5.88. The molecule has 0 aliphatic carbocycles. The van der Waals surface area contributed by atoms with Gasteiger partial charge < -0.3 is 19.2 Å². The Morgan fingerprint density at radius 2 is 1.76 bits per heavy atom. The van der Waals surface area contributed by atoms with E-state index in [0.29, 0.717) is 47.7 Å². The molecular weight excluding hydrogens is 430 g/mol. The summed E-state index contributed by atoms with van der Waals surface area (Å²) in [6.45, 7) is 3.15. The van der Waals surface area contributed by atoms with Gasteiger partial charge in [0.2, 0.25) is 0 Å². The third-order valence-corrected chi connectivity index (χ3v) is 5.37. The zero-order valence-electron chi connectivity index (χ0n) is 19.1. The summed E-state index contributed by atoms with van der Waals surface area (Å²) >= 11 is 0. The Bertz CT molecular complexity index is 1360. The number of furan rings is 1. The molecule has 172 valence electrons. The van der Waals surface area contributed by atoms with Gasteiger partial charge in [-0.15, -0.1) is 0 Å². The summed E-state index contributed by atoms with van der Waals surface area (Å²) in [5.41, 5.74) is 3.32. The molecule has 5 aromatic rings. The van der Waals surface area contributed by atoms with Gasteiger partial charge in [-0.3, -0.25) is 4.57 Å². The van der Waals surface area contributed by atoms with Gasteiger partial charge in [-0.25, -0.2) is 4.98 Å². The van der Waals surface area contributed by atoms with E-state index in [9.17, 15) is 0 Å². The maximum atomic E-state index is 5.99. The minimum Gasteiger partial charge on any atom is -0.497 e. The fourth-order valence-corrected chi connectivity index (χ4v) is 3.75. The molecule has 0 radical (unpaired) electrons. The lowest BCUT2D eigenvalue weighted by atomic mass is 10.2. The van der Waals surface area contributed by atoms with Crippen LogP contribution in [0, 0.1) is 0 Å². The second-order valence-corrected chi connectivity index (χ2v) is 7.59. The highest BCUT2D eigenvalue weighted by Gasteiger charge is 2.22. The molecule has 0 atom stereocenters. The Hall–Kier alpha value is -4.33. The van der Waals surface area contributed by atoms with Crippen LogP contribution in [-0.4, -0.2) is 39.8 Å². The van der Waals surface area contributed by atoms with Crippen LogP contribution in [-0.2, 0) is 6.42 Å². The topological polar surface area (TPSA) is 87.2 Å². The Morgan fingerprint density at radius 1 is 0.941 bits per heavy atom. The first kappa shape index (κ1) is 21.5. The number of hydrogen-bond donors (Lipinski definition) is 1. The average molecular weight is 456 g/mol. The lowest BCUT2D eigenvalue weighted by Gasteiger charge is -2.11. The maximum Gasteiger partial charge on any atom is 0.320 e. The minimum atomic E-state index is 0.292. The summed E-state index contributed by atoms with van der Waals surface area (Å²) in [5.74, 6) is 2.63. The van der Waals surface area contributed by atoms with Crippen molar-refractivity contribution in [1.29, 1.82) is 0 Å². The number of imidazole rings is 1. The summed E-state index contributed by atoms with van der Waals surface area (Å²) in [6.07, 6.45) is 2.39. The molecule has 34 heavy (non-hydrogen) atoms. The van der Waals surface area contributed by atoms with Crippen LogP contribution in [0.1, 0.15) is 12.5 Å². The number of anilines is 1. The molecule has 3 aromatic heterocycles. The van der Waals surface area contributed by atoms with Crippen LogP contribution >= 0.6 is 0 Å². The molecule has 5 rings (SSSR count). The number of aromatic nitrogens is 4. The zero-order valence-corrected chi connectivity index (χ0v) is 19.1. The van der Waals surface area contributed by atoms with Gasteiger partial charge in [0.05, 0.1) is 20.0 Å². The number of nitrogens with one attached hydrogen (secondary N) is 1. The smallest absolute Gasteiger partial charge is 0.320 e. The third kappa shape index (κ3) is 4.30. The van der Waals surface area contributed by atoms with Gasteiger partial charge in [0.15, 0.2) is 28.6 Å². The monoisotopic (exact) mass is 455 g/mol. The van der Waals surface area contributed by atoms with Crippen LogP contribution in [0.2, 0.25) is 0 Å². The molecule has 8 nitrogen and oxygen atoms in total. The van der Waals surface area contributed by atoms with Crippen molar-refractivity contribution in [3.63, 3.8) is 0 Å². The highest BCUT2D eigenvalue weighted by Crippen LogP contribution is 2.32. The van der Waals surface area contributed by atoms with E-state index in [4.69, 9.17) is 23.9 Å². The second-order valence-electron chi connectivity index (χ2n) is 7.59. The first-order valence-corrected chi connectivity index (χ1v) is 11.2. The number of fused-ring (bicyclic) bond motifs is 1. The van der Waals surface area contributed by atoms with Gasteiger partial charge in [-0.05, 0) is 48.9 Å². The van der Waals surface area contributed by atoms with E-state index in [-0.39, 0.29) is 0 Å². The molecule has 2 aromatic carbocycles. The van der Waals surface area contributed by atoms with Crippen molar-refractivity contribution in [1.82, 2.24) is 19.5 Å². The lowest BCUT2D eigenvalue weighted by Crippen LogP contribution is -2.08. The highest BCUT2D eigenvalue weighted by atomic mass is 16.5. The normalized spacial score (nSPS) is 11.0. The molecule has 8 heteroatoms. The Morgan fingerprint density at radius 3 is 2.47 bits per heavy atom. The van der Waals surface area contributed by atoms with Crippen molar-refractivity contribution in [2.75, 3.05) is 25.6 Å². The number of benzene rings is 2. The van der Waals surface area contributed by atoms with Crippen molar-refractivity contribution < 1.29 is 13.9 Å². The number of hydrogen-bond acceptors (Lipinski definition) is 7. The number of methoxy groups -OCH3 is 1. The van der Waals surface area contributed by atoms with Crippen molar-refractivity contribution in [3.8, 4) is 29.0 Å². The molecular formula is C26H25N5O3. The quantitative estimate of drug-likeness (QED) is 0.329. The first-order valence-electron chi connectivity index (χ1n) is 11.2. The number of nitrogens with zero attached hydrogens (tertiary/aromatic N) is 4. The summed E-state index contributed by atoms with van der Waals surface area (Å²) in [7, 11) is 1.64. The third-order valence-electron chi connectivity index (χ3n) is 5.37. The van der Waals surface area contributed by atoms with Crippen LogP contribution in [0.5, 0.6) is 11.8 Å². The van der Waals surface area contributed by atoms with Crippen LogP contribution < -0.4 is 14.8 Å². The van der Waals surface area contributed by atoms with Gasteiger partial charge in [-0.2, -0.15) is 9.97 Å². The lowest BCUT2D eigenvalue weighted by molar-refractivity contribution is 0.298. The van der Waals surface area contributed by atoms with Gasteiger partial charge >= 0.3 is 6.01 Å².